The second kappa shape index (κ2) is 7.07. The van der Waals surface area contributed by atoms with Crippen molar-refractivity contribution in [2.24, 2.45) is 0 Å². The highest BCUT2D eigenvalue weighted by Gasteiger charge is 2.33. The van der Waals surface area contributed by atoms with Gasteiger partial charge >= 0.3 is 5.97 Å². The van der Waals surface area contributed by atoms with E-state index in [0.717, 1.165) is 39.2 Å². The molecule has 0 aromatic carbocycles. The molecule has 1 heterocycles. The predicted octanol–water partition coefficient (Wildman–Crippen LogP) is 0.638. The molecule has 0 aliphatic carbocycles. The zero-order chi connectivity index (χ0) is 13.6. The SMILES string of the molecule is CCNC(C)(CCN1CCOC(C)C1)C(=O)OC. The van der Waals surface area contributed by atoms with Gasteiger partial charge in [0.15, 0.2) is 0 Å². The maximum atomic E-state index is 11.8. The first-order valence-corrected chi connectivity index (χ1v) is 6.69. The smallest absolute Gasteiger partial charge is 0.325 e. The number of nitrogens with zero attached hydrogens (tertiary/aromatic N) is 1. The number of morpholine rings is 1. The van der Waals surface area contributed by atoms with Gasteiger partial charge < -0.3 is 14.8 Å². The summed E-state index contributed by atoms with van der Waals surface area (Å²) in [6.45, 7) is 10.3. The van der Waals surface area contributed by atoms with Crippen molar-refractivity contribution in [3.05, 3.63) is 0 Å². The third kappa shape index (κ3) is 4.23. The number of carbonyl (C=O) groups excluding carboxylic acids is 1. The first-order chi connectivity index (χ1) is 8.51. The number of rotatable bonds is 6. The minimum absolute atomic E-state index is 0.189. The monoisotopic (exact) mass is 258 g/mol. The summed E-state index contributed by atoms with van der Waals surface area (Å²) >= 11 is 0. The Bertz CT molecular complexity index is 273. The second-order valence-corrected chi connectivity index (χ2v) is 5.09. The Kier molecular flexibility index (Phi) is 6.05. The predicted molar refractivity (Wildman–Crippen MR) is 70.6 cm³/mol. The van der Waals surface area contributed by atoms with Crippen LogP contribution in [0.5, 0.6) is 0 Å². The average molecular weight is 258 g/mol. The highest BCUT2D eigenvalue weighted by atomic mass is 16.5. The molecule has 0 bridgehead atoms. The van der Waals surface area contributed by atoms with Gasteiger partial charge in [-0.05, 0) is 26.8 Å². The Morgan fingerprint density at radius 2 is 2.33 bits per heavy atom. The van der Waals surface area contributed by atoms with E-state index in [1.165, 1.54) is 7.11 Å². The quantitative estimate of drug-likeness (QED) is 0.709. The van der Waals surface area contributed by atoms with E-state index in [-0.39, 0.29) is 12.1 Å². The summed E-state index contributed by atoms with van der Waals surface area (Å²) in [6.07, 6.45) is 1.03. The molecule has 0 spiro atoms. The Labute approximate surface area is 110 Å². The second-order valence-electron chi connectivity index (χ2n) is 5.09. The van der Waals surface area contributed by atoms with E-state index in [1.807, 2.05) is 13.8 Å². The van der Waals surface area contributed by atoms with Gasteiger partial charge in [0.1, 0.15) is 5.54 Å². The topological polar surface area (TPSA) is 50.8 Å². The molecule has 1 aliphatic rings. The Hall–Kier alpha value is -0.650. The fourth-order valence-electron chi connectivity index (χ4n) is 2.35. The van der Waals surface area contributed by atoms with Gasteiger partial charge in [0.2, 0.25) is 0 Å². The van der Waals surface area contributed by atoms with Crippen LogP contribution in [0, 0.1) is 0 Å². The summed E-state index contributed by atoms with van der Waals surface area (Å²) in [7, 11) is 1.44. The molecular formula is C13H26N2O3. The third-order valence-electron chi connectivity index (χ3n) is 3.46. The normalized spacial score (nSPS) is 24.6. The standard InChI is InChI=1S/C13H26N2O3/c1-5-14-13(3,12(16)17-4)6-7-15-8-9-18-11(2)10-15/h11,14H,5-10H2,1-4H3. The van der Waals surface area contributed by atoms with E-state index in [0.29, 0.717) is 0 Å². The molecule has 5 nitrogen and oxygen atoms in total. The van der Waals surface area contributed by atoms with E-state index in [2.05, 4.69) is 17.1 Å². The lowest BCUT2D eigenvalue weighted by Crippen LogP contribution is -2.53. The van der Waals surface area contributed by atoms with Crippen molar-refractivity contribution in [2.45, 2.75) is 38.8 Å². The number of ether oxygens (including phenoxy) is 2. The average Bonchev–Trinajstić information content (AvgIpc) is 2.36. The fourth-order valence-corrected chi connectivity index (χ4v) is 2.35. The number of hydrogen-bond donors (Lipinski definition) is 1. The van der Waals surface area contributed by atoms with Crippen LogP contribution in [0.2, 0.25) is 0 Å². The number of nitrogens with one attached hydrogen (secondary N) is 1. The van der Waals surface area contributed by atoms with Crippen LogP contribution >= 0.6 is 0 Å². The molecule has 2 atom stereocenters. The molecule has 0 aromatic rings. The molecule has 0 aromatic heterocycles. The first kappa shape index (κ1) is 15.4. The summed E-state index contributed by atoms with van der Waals surface area (Å²) in [4.78, 5) is 14.2. The molecule has 2 unspecified atom stereocenters. The minimum Gasteiger partial charge on any atom is -0.468 e. The largest absolute Gasteiger partial charge is 0.468 e. The number of likely N-dealkylation sites (N-methyl/N-ethyl adjacent to an activating group) is 1. The van der Waals surface area contributed by atoms with Crippen LogP contribution in [-0.4, -0.2) is 62.4 Å². The summed E-state index contributed by atoms with van der Waals surface area (Å²) in [6, 6.07) is 0. The van der Waals surface area contributed by atoms with E-state index in [1.54, 1.807) is 0 Å². The third-order valence-corrected chi connectivity index (χ3v) is 3.46. The number of methoxy groups -OCH3 is 1. The van der Waals surface area contributed by atoms with Crippen molar-refractivity contribution in [1.29, 1.82) is 0 Å². The van der Waals surface area contributed by atoms with Crippen LogP contribution in [-0.2, 0) is 14.3 Å². The summed E-state index contributed by atoms with van der Waals surface area (Å²) in [5, 5.41) is 3.23. The summed E-state index contributed by atoms with van der Waals surface area (Å²) < 4.78 is 10.4. The molecule has 0 radical (unpaired) electrons. The Morgan fingerprint density at radius 3 is 2.89 bits per heavy atom. The first-order valence-electron chi connectivity index (χ1n) is 6.69. The van der Waals surface area contributed by atoms with Crippen molar-refractivity contribution in [3.63, 3.8) is 0 Å². The van der Waals surface area contributed by atoms with Gasteiger partial charge in [0.25, 0.3) is 0 Å². The van der Waals surface area contributed by atoms with Crippen molar-refractivity contribution in [2.75, 3.05) is 39.9 Å². The minimum atomic E-state index is -0.592. The Balaban J connectivity index is 2.48. The molecule has 0 saturated carbocycles. The maximum Gasteiger partial charge on any atom is 0.325 e. The lowest BCUT2D eigenvalue weighted by molar-refractivity contribution is -0.148. The summed E-state index contributed by atoms with van der Waals surface area (Å²) in [5.41, 5.74) is -0.592. The molecule has 0 amide bonds. The van der Waals surface area contributed by atoms with Gasteiger partial charge in [-0.1, -0.05) is 6.92 Å². The maximum absolute atomic E-state index is 11.8. The lowest BCUT2D eigenvalue weighted by Gasteiger charge is -2.34. The van der Waals surface area contributed by atoms with Crippen LogP contribution in [0.15, 0.2) is 0 Å². The Morgan fingerprint density at radius 1 is 1.61 bits per heavy atom. The zero-order valence-electron chi connectivity index (χ0n) is 12.0. The van der Waals surface area contributed by atoms with Gasteiger partial charge in [-0.15, -0.1) is 0 Å². The van der Waals surface area contributed by atoms with Crippen molar-refractivity contribution >= 4 is 5.97 Å². The van der Waals surface area contributed by atoms with Gasteiger partial charge in [0, 0.05) is 19.6 Å². The molecule has 1 saturated heterocycles. The molecule has 1 rings (SSSR count). The van der Waals surface area contributed by atoms with Crippen LogP contribution in [0.4, 0.5) is 0 Å². The molecular weight excluding hydrogens is 232 g/mol. The molecule has 1 N–H and O–H groups in total. The van der Waals surface area contributed by atoms with Crippen LogP contribution in [0.1, 0.15) is 27.2 Å². The van der Waals surface area contributed by atoms with E-state index in [9.17, 15) is 4.79 Å². The van der Waals surface area contributed by atoms with E-state index in [4.69, 9.17) is 9.47 Å². The highest BCUT2D eigenvalue weighted by Crippen LogP contribution is 2.14. The van der Waals surface area contributed by atoms with Crippen molar-refractivity contribution < 1.29 is 14.3 Å². The molecule has 1 fully saturated rings. The molecule has 1 aliphatic heterocycles. The highest BCUT2D eigenvalue weighted by molar-refractivity contribution is 5.80. The van der Waals surface area contributed by atoms with Gasteiger partial charge in [0.05, 0.1) is 19.8 Å². The molecule has 5 heteroatoms. The van der Waals surface area contributed by atoms with Gasteiger partial charge in [-0.3, -0.25) is 9.69 Å². The molecule has 106 valence electrons. The van der Waals surface area contributed by atoms with Gasteiger partial charge in [-0.25, -0.2) is 0 Å². The van der Waals surface area contributed by atoms with Crippen LogP contribution in [0.25, 0.3) is 0 Å². The number of hydrogen-bond acceptors (Lipinski definition) is 5. The lowest BCUT2D eigenvalue weighted by atomic mass is 9.97. The van der Waals surface area contributed by atoms with Crippen molar-refractivity contribution in [3.8, 4) is 0 Å². The zero-order valence-corrected chi connectivity index (χ0v) is 12.0. The summed E-state index contributed by atoms with van der Waals surface area (Å²) in [5.74, 6) is -0.189. The number of carbonyl (C=O) groups is 1. The fraction of sp³-hybridized carbons (Fsp3) is 0.923. The molecule has 18 heavy (non-hydrogen) atoms. The van der Waals surface area contributed by atoms with Crippen LogP contribution < -0.4 is 5.32 Å². The van der Waals surface area contributed by atoms with E-state index < -0.39 is 5.54 Å². The van der Waals surface area contributed by atoms with E-state index >= 15 is 0 Å². The van der Waals surface area contributed by atoms with Gasteiger partial charge in [-0.2, -0.15) is 0 Å². The van der Waals surface area contributed by atoms with Crippen molar-refractivity contribution in [1.82, 2.24) is 10.2 Å². The van der Waals surface area contributed by atoms with Crippen LogP contribution in [0.3, 0.4) is 0 Å². The number of esters is 1.